The number of hydrogen-bond donors (Lipinski definition) is 2. The number of carboxylic acids is 1. The molecule has 0 radical (unpaired) electrons. The van der Waals surface area contributed by atoms with Crippen molar-refractivity contribution >= 4 is 12.0 Å². The molecule has 0 fully saturated rings. The lowest BCUT2D eigenvalue weighted by atomic mass is 10.0. The number of nitrogens with one attached hydrogen (secondary N) is 1. The molecule has 0 spiro atoms. The summed E-state index contributed by atoms with van der Waals surface area (Å²) in [5.74, 6) is -0.907. The van der Waals surface area contributed by atoms with E-state index in [-0.39, 0.29) is 25.4 Å². The Bertz CT molecular complexity index is 523. The number of carbonyl (C=O) groups is 2. The number of aliphatic carboxylic acids is 1. The van der Waals surface area contributed by atoms with Gasteiger partial charge in [0.1, 0.15) is 0 Å². The van der Waals surface area contributed by atoms with Gasteiger partial charge in [0.25, 0.3) is 0 Å². The van der Waals surface area contributed by atoms with Gasteiger partial charge in [-0.1, -0.05) is 24.3 Å². The van der Waals surface area contributed by atoms with Gasteiger partial charge in [-0.15, -0.1) is 0 Å². The molecule has 0 aliphatic heterocycles. The fourth-order valence-electron chi connectivity index (χ4n) is 1.69. The van der Waals surface area contributed by atoms with Crippen molar-refractivity contribution in [2.24, 2.45) is 0 Å². The molecule has 2 N–H and O–H groups in total. The number of nitrogens with zero attached hydrogens (tertiary/aromatic N) is 2. The van der Waals surface area contributed by atoms with Crippen molar-refractivity contribution in [3.05, 3.63) is 35.4 Å². The van der Waals surface area contributed by atoms with E-state index in [4.69, 9.17) is 10.4 Å². The highest BCUT2D eigenvalue weighted by Gasteiger charge is 2.10. The van der Waals surface area contributed by atoms with Gasteiger partial charge in [-0.3, -0.25) is 4.79 Å². The van der Waals surface area contributed by atoms with Crippen molar-refractivity contribution in [3.8, 4) is 6.07 Å². The van der Waals surface area contributed by atoms with E-state index in [9.17, 15) is 9.59 Å². The van der Waals surface area contributed by atoms with E-state index < -0.39 is 5.97 Å². The Labute approximate surface area is 117 Å². The summed E-state index contributed by atoms with van der Waals surface area (Å²) in [6, 6.07) is 8.77. The molecular formula is C14H17N3O3. The number of hydrogen-bond acceptors (Lipinski definition) is 3. The van der Waals surface area contributed by atoms with Crippen LogP contribution >= 0.6 is 0 Å². The van der Waals surface area contributed by atoms with E-state index in [1.165, 1.54) is 4.90 Å². The number of urea groups is 1. The standard InChI is InChI=1S/C14H17N3O3/c1-17(8-4-7-15)14(20)16-10-12-6-3-2-5-11(12)9-13(18)19/h2-3,5-6H,4,8-10H2,1H3,(H,16,20)(H,18,19). The summed E-state index contributed by atoms with van der Waals surface area (Å²) in [7, 11) is 1.61. The van der Waals surface area contributed by atoms with Gasteiger partial charge >= 0.3 is 12.0 Å². The van der Waals surface area contributed by atoms with E-state index in [1.54, 1.807) is 31.3 Å². The van der Waals surface area contributed by atoms with E-state index in [2.05, 4.69) is 5.32 Å². The van der Waals surface area contributed by atoms with Crippen LogP contribution in [0.4, 0.5) is 4.79 Å². The van der Waals surface area contributed by atoms with Crippen molar-refractivity contribution in [1.82, 2.24) is 10.2 Å². The molecule has 0 aliphatic carbocycles. The van der Waals surface area contributed by atoms with Crippen LogP contribution in [0.3, 0.4) is 0 Å². The maximum Gasteiger partial charge on any atom is 0.317 e. The van der Waals surface area contributed by atoms with Gasteiger partial charge in [0.05, 0.1) is 18.9 Å². The van der Waals surface area contributed by atoms with Crippen LogP contribution in [-0.4, -0.2) is 35.6 Å². The average molecular weight is 275 g/mol. The fraction of sp³-hybridized carbons (Fsp3) is 0.357. The molecule has 2 amide bonds. The molecule has 106 valence electrons. The Hall–Kier alpha value is -2.55. The number of nitriles is 1. The highest BCUT2D eigenvalue weighted by molar-refractivity contribution is 5.74. The number of rotatable bonds is 6. The average Bonchev–Trinajstić information content (AvgIpc) is 2.42. The molecule has 6 heteroatoms. The third kappa shape index (κ3) is 4.98. The van der Waals surface area contributed by atoms with Crippen LogP contribution in [0.5, 0.6) is 0 Å². The summed E-state index contributed by atoms with van der Waals surface area (Å²) in [5, 5.41) is 20.0. The van der Waals surface area contributed by atoms with Crippen LogP contribution in [-0.2, 0) is 17.8 Å². The zero-order chi connectivity index (χ0) is 15.0. The van der Waals surface area contributed by atoms with Crippen molar-refractivity contribution in [2.75, 3.05) is 13.6 Å². The van der Waals surface area contributed by atoms with Crippen molar-refractivity contribution in [1.29, 1.82) is 5.26 Å². The van der Waals surface area contributed by atoms with Gasteiger partial charge in [-0.2, -0.15) is 5.26 Å². The zero-order valence-electron chi connectivity index (χ0n) is 11.3. The second kappa shape index (κ2) is 7.79. The minimum absolute atomic E-state index is 0.0731. The fourth-order valence-corrected chi connectivity index (χ4v) is 1.69. The number of carboxylic acid groups (broad SMARTS) is 1. The molecule has 0 saturated heterocycles. The molecule has 0 aromatic heterocycles. The lowest BCUT2D eigenvalue weighted by Crippen LogP contribution is -2.37. The first kappa shape index (κ1) is 15.5. The Kier molecular flexibility index (Phi) is 6.04. The van der Waals surface area contributed by atoms with Crippen LogP contribution in [0, 0.1) is 11.3 Å². The van der Waals surface area contributed by atoms with Crippen molar-refractivity contribution < 1.29 is 14.7 Å². The molecule has 0 aliphatic rings. The first-order chi connectivity index (χ1) is 9.54. The first-order valence-electron chi connectivity index (χ1n) is 6.19. The summed E-state index contributed by atoms with van der Waals surface area (Å²) < 4.78 is 0. The topological polar surface area (TPSA) is 93.4 Å². The quantitative estimate of drug-likeness (QED) is 0.820. The Morgan fingerprint density at radius 2 is 2.00 bits per heavy atom. The molecular weight excluding hydrogens is 258 g/mol. The molecule has 1 rings (SSSR count). The summed E-state index contributed by atoms with van der Waals surface area (Å²) >= 11 is 0. The lowest BCUT2D eigenvalue weighted by Gasteiger charge is -2.17. The van der Waals surface area contributed by atoms with Gasteiger partial charge < -0.3 is 15.3 Å². The molecule has 1 aromatic rings. The van der Waals surface area contributed by atoms with Crippen LogP contribution in [0.1, 0.15) is 17.5 Å². The van der Waals surface area contributed by atoms with Crippen LogP contribution < -0.4 is 5.32 Å². The van der Waals surface area contributed by atoms with Crippen LogP contribution in [0.2, 0.25) is 0 Å². The zero-order valence-corrected chi connectivity index (χ0v) is 11.3. The highest BCUT2D eigenvalue weighted by atomic mass is 16.4. The Morgan fingerprint density at radius 1 is 1.35 bits per heavy atom. The summed E-state index contributed by atoms with van der Waals surface area (Å²) in [4.78, 5) is 23.9. The second-order valence-electron chi connectivity index (χ2n) is 4.33. The molecule has 0 heterocycles. The van der Waals surface area contributed by atoms with Gasteiger partial charge in [0.15, 0.2) is 0 Å². The van der Waals surface area contributed by atoms with Crippen LogP contribution in [0.15, 0.2) is 24.3 Å². The SMILES string of the molecule is CN(CCC#N)C(=O)NCc1ccccc1CC(=O)O. The van der Waals surface area contributed by atoms with E-state index in [0.29, 0.717) is 12.1 Å². The minimum Gasteiger partial charge on any atom is -0.481 e. The summed E-state index contributed by atoms with van der Waals surface area (Å²) in [5.41, 5.74) is 1.46. The largest absolute Gasteiger partial charge is 0.481 e. The second-order valence-corrected chi connectivity index (χ2v) is 4.33. The maximum absolute atomic E-state index is 11.7. The highest BCUT2D eigenvalue weighted by Crippen LogP contribution is 2.09. The number of carbonyl (C=O) groups excluding carboxylic acids is 1. The first-order valence-corrected chi connectivity index (χ1v) is 6.19. The molecule has 0 saturated carbocycles. The minimum atomic E-state index is -0.907. The van der Waals surface area contributed by atoms with Crippen molar-refractivity contribution in [3.63, 3.8) is 0 Å². The van der Waals surface area contributed by atoms with Gasteiger partial charge in [0.2, 0.25) is 0 Å². The Balaban J connectivity index is 2.59. The molecule has 20 heavy (non-hydrogen) atoms. The molecule has 0 atom stereocenters. The predicted molar refractivity (Wildman–Crippen MR) is 72.9 cm³/mol. The molecule has 0 bridgehead atoms. The maximum atomic E-state index is 11.7. The predicted octanol–water partition coefficient (Wildman–Crippen LogP) is 1.37. The summed E-state index contributed by atoms with van der Waals surface area (Å²) in [6.07, 6.45) is 0.204. The molecule has 6 nitrogen and oxygen atoms in total. The van der Waals surface area contributed by atoms with E-state index in [0.717, 1.165) is 5.56 Å². The number of amides is 2. The van der Waals surface area contributed by atoms with Crippen LogP contribution in [0.25, 0.3) is 0 Å². The molecule has 0 unspecified atom stereocenters. The van der Waals surface area contributed by atoms with Gasteiger partial charge in [0, 0.05) is 20.1 Å². The smallest absolute Gasteiger partial charge is 0.317 e. The van der Waals surface area contributed by atoms with Crippen molar-refractivity contribution in [2.45, 2.75) is 19.4 Å². The third-order valence-corrected chi connectivity index (χ3v) is 2.80. The van der Waals surface area contributed by atoms with Gasteiger partial charge in [-0.25, -0.2) is 4.79 Å². The van der Waals surface area contributed by atoms with E-state index in [1.807, 2.05) is 6.07 Å². The van der Waals surface area contributed by atoms with E-state index >= 15 is 0 Å². The third-order valence-electron chi connectivity index (χ3n) is 2.80. The normalized spacial score (nSPS) is 9.60. The monoisotopic (exact) mass is 275 g/mol. The summed E-state index contributed by atoms with van der Waals surface area (Å²) in [6.45, 7) is 0.623. The Morgan fingerprint density at radius 3 is 2.60 bits per heavy atom. The number of benzene rings is 1. The lowest BCUT2D eigenvalue weighted by molar-refractivity contribution is -0.136. The van der Waals surface area contributed by atoms with Gasteiger partial charge in [-0.05, 0) is 11.1 Å². The molecule has 1 aromatic carbocycles.